The van der Waals surface area contributed by atoms with Gasteiger partial charge in [0.15, 0.2) is 114 Å². The molecule has 7 aromatic rings. The third kappa shape index (κ3) is 24.4. The molecule has 4 aromatic carbocycles. The van der Waals surface area contributed by atoms with Gasteiger partial charge in [-0.05, 0) is 22.9 Å². The molecule has 0 saturated carbocycles. The number of nitrogens with zero attached hydrogens (tertiary/aromatic N) is 8. The van der Waals surface area contributed by atoms with E-state index in [0.29, 0.717) is 0 Å². The van der Waals surface area contributed by atoms with Crippen molar-refractivity contribution in [3.05, 3.63) is 23.8 Å². The van der Waals surface area contributed by atoms with Crippen LogP contribution >= 0.6 is 0 Å². The SMILES string of the molecule is C[Si](C)(C)C#Cc1ccc2c3nc4nc(nc5[n-]c(nc6nc(nc([n-]3)c2c1)-c1c(OCC(F)(F)F)c(OCC(F)(F)F)c(OCC(F)(F)F)c(OCC(F)(F)F)c1-6)c1c(OCC(F)(F)F)c(OCC(F)(F)F)c(OCC(F)(F)F)c(OCC(F)(F)F)c51)-c1c(OCC(F)(F)F)c(OCC(F)(F)F)c(OCC(F)(F)F)c(OCC(F)(F)F)c1-4. The summed E-state index contributed by atoms with van der Waals surface area (Å²) >= 11 is 0. The van der Waals surface area contributed by atoms with Gasteiger partial charge in [0.1, 0.15) is 8.07 Å². The normalized spacial score (nSPS) is 13.6. The molecule has 0 unspecified atom stereocenters. The molecule has 0 N–H and O–H groups in total. The standard InChI is InChI=1S/C61H36F36N8O12Si/c1-118(2,3)7-6-21-4-5-22-23(8-21)43-98-42(22)99-44-24-26(32(108-11-52(68,69)70)38(114-17-58(86,87)88)36(112-15-56(80,81)82)30(24)106-9-50(62,63)64)46(101-44)103-48-28-29(35(111-14-55(77,78)79)41(117-20-61(95,96)97)40(116-19-60(92,93)94)34(28)110-13-54(74,75)76)49(105-48)104-47-27-25(45(100-43)102-47)31(107-10-51(65,66)67)37(113-16-57(83,84)85)39(115-18-59(89,90)91)33(27)109-12-53(71,72)73/h4-5,8H,9-20H2,1-3H3/q-2. The Balaban J connectivity index is 1.76. The van der Waals surface area contributed by atoms with Gasteiger partial charge in [-0.25, -0.2) is 9.97 Å². The molecule has 57 heteroatoms. The van der Waals surface area contributed by atoms with Crippen LogP contribution in [0.1, 0.15) is 5.56 Å². The number of benzene rings is 4. The molecule has 8 bridgehead atoms. The lowest BCUT2D eigenvalue weighted by Gasteiger charge is -2.25. The summed E-state index contributed by atoms with van der Waals surface area (Å²) in [7, 11) is -2.66. The van der Waals surface area contributed by atoms with E-state index in [2.05, 4.69) is 79.8 Å². The third-order valence-corrected chi connectivity index (χ3v) is 14.5. The molecule has 0 radical (unpaired) electrons. The van der Waals surface area contributed by atoms with Crippen molar-refractivity contribution in [3.63, 3.8) is 0 Å². The van der Waals surface area contributed by atoms with Gasteiger partial charge in [0.25, 0.3) is 0 Å². The number of aromatic nitrogens is 8. The van der Waals surface area contributed by atoms with Crippen LogP contribution in [0.15, 0.2) is 18.2 Å². The van der Waals surface area contributed by atoms with Crippen molar-refractivity contribution in [1.29, 1.82) is 0 Å². The van der Waals surface area contributed by atoms with Gasteiger partial charge >= 0.3 is 74.1 Å². The maximum absolute atomic E-state index is 14.7. The Morgan fingerprint density at radius 1 is 0.254 bits per heavy atom. The van der Waals surface area contributed by atoms with Crippen molar-refractivity contribution in [2.75, 3.05) is 79.3 Å². The van der Waals surface area contributed by atoms with Crippen molar-refractivity contribution in [2.45, 2.75) is 93.8 Å². The van der Waals surface area contributed by atoms with Crippen LogP contribution in [0.5, 0.6) is 69.0 Å². The number of rotatable bonds is 24. The fraction of sp³-hybridized carbons (Fsp3) is 0.443. The summed E-state index contributed by atoms with van der Waals surface area (Å²) in [6.45, 7) is -32.3. The zero-order valence-corrected chi connectivity index (χ0v) is 58.3. The first kappa shape index (κ1) is 91.0. The summed E-state index contributed by atoms with van der Waals surface area (Å²) in [5, 5.41) is -6.09. The maximum atomic E-state index is 14.7. The summed E-state index contributed by atoms with van der Waals surface area (Å²) in [5.41, 5.74) is -12.6. The van der Waals surface area contributed by atoms with E-state index in [1.807, 2.05) is 0 Å². The van der Waals surface area contributed by atoms with Gasteiger partial charge in [0, 0.05) is 38.9 Å². The van der Waals surface area contributed by atoms with E-state index in [4.69, 9.17) is 28.4 Å². The molecule has 2 aliphatic heterocycles. The zero-order chi connectivity index (χ0) is 88.4. The quantitative estimate of drug-likeness (QED) is 0.0312. The molecule has 0 fully saturated rings. The highest BCUT2D eigenvalue weighted by Crippen LogP contribution is 2.62. The highest BCUT2D eigenvalue weighted by Gasteiger charge is 2.47. The highest BCUT2D eigenvalue weighted by atomic mass is 28.3. The number of fused-ring (bicyclic) bond motifs is 20. The summed E-state index contributed by atoms with van der Waals surface area (Å²) in [6, 6.07) is 2.57. The van der Waals surface area contributed by atoms with Gasteiger partial charge in [-0.15, -0.1) is 5.54 Å². The number of hydrogen-bond acceptors (Lipinski definition) is 18. The van der Waals surface area contributed by atoms with Gasteiger partial charge in [-0.3, -0.25) is 0 Å². The van der Waals surface area contributed by atoms with E-state index in [0.717, 1.165) is 18.2 Å². The van der Waals surface area contributed by atoms with Crippen LogP contribution in [0.4, 0.5) is 158 Å². The molecule has 0 aliphatic carbocycles. The lowest BCUT2D eigenvalue weighted by atomic mass is 10.0. The first-order valence-corrected chi connectivity index (χ1v) is 34.5. The largest absolute Gasteiger partial charge is 0.479 e. The second-order valence-corrected chi connectivity index (χ2v) is 29.5. The minimum Gasteiger partial charge on any atom is -0.479 e. The fourth-order valence-corrected chi connectivity index (χ4v) is 10.4. The first-order valence-electron chi connectivity index (χ1n) is 31.0. The number of alkyl halides is 36. The Morgan fingerprint density at radius 3 is 0.678 bits per heavy atom. The summed E-state index contributed by atoms with van der Waals surface area (Å²) in [6.07, 6.45) is -71.9. The van der Waals surface area contributed by atoms with Gasteiger partial charge in [0.2, 0.25) is 34.5 Å². The van der Waals surface area contributed by atoms with E-state index < -0.39 is 320 Å². The van der Waals surface area contributed by atoms with E-state index >= 15 is 0 Å². The average Bonchev–Trinajstić information content (AvgIpc) is 1.55. The van der Waals surface area contributed by atoms with Gasteiger partial charge < -0.3 is 86.7 Å². The van der Waals surface area contributed by atoms with E-state index in [-0.39, 0.29) is 5.56 Å². The minimum absolute atomic E-state index is 0.291. The summed E-state index contributed by atoms with van der Waals surface area (Å²) < 4.78 is 580. The molecule has 0 spiro atoms. The van der Waals surface area contributed by atoms with Crippen LogP contribution in [0.25, 0.3) is 89.7 Å². The molecule has 0 saturated heterocycles. The Hall–Kier alpha value is -10.9. The number of hydrogen-bond donors (Lipinski definition) is 0. The van der Waals surface area contributed by atoms with Gasteiger partial charge in [-0.2, -0.15) is 158 Å². The van der Waals surface area contributed by atoms with Crippen molar-refractivity contribution in [3.8, 4) is 126 Å². The number of ether oxygens (including phenoxy) is 12. The topological polar surface area (TPSA) is 216 Å². The maximum Gasteiger partial charge on any atom is 0.422 e. The molecule has 2 aliphatic rings. The molecule has 3 aromatic heterocycles. The molecule has 650 valence electrons. The molecule has 5 heterocycles. The summed E-state index contributed by atoms with van der Waals surface area (Å²) in [5.74, 6) is -34.5. The lowest BCUT2D eigenvalue weighted by molar-refractivity contribution is -0.162. The predicted octanol–water partition coefficient (Wildman–Crippen LogP) is 18.6. The van der Waals surface area contributed by atoms with E-state index in [1.165, 1.54) is 0 Å². The van der Waals surface area contributed by atoms with Crippen LogP contribution < -0.4 is 66.8 Å². The van der Waals surface area contributed by atoms with Gasteiger partial charge in [0.05, 0.1) is 45.6 Å². The molecular formula is C61H36F36N8O12Si-2. The molecule has 0 amide bonds. The highest BCUT2D eigenvalue weighted by molar-refractivity contribution is 6.83. The van der Waals surface area contributed by atoms with Crippen LogP contribution in [0, 0.1) is 11.5 Å². The van der Waals surface area contributed by atoms with Crippen LogP contribution in [-0.2, 0) is 0 Å². The Labute approximate surface area is 628 Å². The summed E-state index contributed by atoms with van der Waals surface area (Å²) in [4.78, 5) is 30.6. The Kier molecular flexibility index (Phi) is 24.7. The molecule has 118 heavy (non-hydrogen) atoms. The van der Waals surface area contributed by atoms with Gasteiger partial charge in [-0.1, -0.05) is 31.6 Å². The molecular weight excluding hydrogens is 1750 g/mol. The van der Waals surface area contributed by atoms with Crippen molar-refractivity contribution in [2.24, 2.45) is 0 Å². The Bertz CT molecular complexity index is 5160. The zero-order valence-electron chi connectivity index (χ0n) is 57.3. The van der Waals surface area contributed by atoms with E-state index in [9.17, 15) is 158 Å². The third-order valence-electron chi connectivity index (χ3n) is 13.6. The van der Waals surface area contributed by atoms with Crippen LogP contribution in [-0.4, -0.2) is 191 Å². The lowest BCUT2D eigenvalue weighted by Crippen LogP contribution is -2.25. The minimum atomic E-state index is -6.09. The molecule has 0 atom stereocenters. The van der Waals surface area contributed by atoms with E-state index in [1.54, 1.807) is 19.6 Å². The Morgan fingerprint density at radius 2 is 0.449 bits per heavy atom. The smallest absolute Gasteiger partial charge is 0.422 e. The van der Waals surface area contributed by atoms with Crippen molar-refractivity contribution >= 4 is 52.2 Å². The number of halogens is 36. The fourth-order valence-electron chi connectivity index (χ4n) is 9.90. The van der Waals surface area contributed by atoms with Crippen molar-refractivity contribution < 1.29 is 215 Å². The average molecular weight is 1790 g/mol. The second-order valence-electron chi connectivity index (χ2n) is 24.8. The first-order chi connectivity index (χ1) is 53.6. The van der Waals surface area contributed by atoms with Crippen LogP contribution in [0.2, 0.25) is 19.6 Å². The predicted molar refractivity (Wildman–Crippen MR) is 323 cm³/mol. The van der Waals surface area contributed by atoms with Crippen LogP contribution in [0.3, 0.4) is 0 Å². The van der Waals surface area contributed by atoms with Crippen molar-refractivity contribution in [1.82, 2.24) is 39.9 Å². The second kappa shape index (κ2) is 32.1. The monoisotopic (exact) mass is 1780 g/mol. The molecule has 9 rings (SSSR count). The molecule has 20 nitrogen and oxygen atoms in total.